The Morgan fingerprint density at radius 3 is 2.53 bits per heavy atom. The van der Waals surface area contributed by atoms with Crippen LogP contribution in [0.15, 0.2) is 4.52 Å². The minimum Gasteiger partial charge on any atom is -0.367 e. The van der Waals surface area contributed by atoms with Gasteiger partial charge in [-0.2, -0.15) is 4.98 Å². The topological polar surface area (TPSA) is 74.2 Å². The van der Waals surface area contributed by atoms with E-state index < -0.39 is 0 Å². The van der Waals surface area contributed by atoms with Gasteiger partial charge in [0.2, 0.25) is 11.7 Å². The Bertz CT molecular complexity index is 405. The molecule has 108 valence electrons. The van der Waals surface area contributed by atoms with Gasteiger partial charge in [0, 0.05) is 19.6 Å². The van der Waals surface area contributed by atoms with Crippen LogP contribution in [-0.4, -0.2) is 23.3 Å². The normalized spacial score (nSPS) is 21.5. The predicted molar refractivity (Wildman–Crippen MR) is 72.6 cm³/mol. The molecule has 1 aliphatic rings. The third-order valence-electron chi connectivity index (χ3n) is 4.07. The van der Waals surface area contributed by atoms with Crippen molar-refractivity contribution in [3.05, 3.63) is 11.7 Å². The molecule has 1 aromatic heterocycles. The van der Waals surface area contributed by atoms with Crippen LogP contribution in [-0.2, 0) is 16.8 Å². The Morgan fingerprint density at radius 2 is 1.95 bits per heavy atom. The highest BCUT2D eigenvalue weighted by molar-refractivity contribution is 5.05. The van der Waals surface area contributed by atoms with Gasteiger partial charge in [-0.15, -0.1) is 0 Å². The molecule has 1 aromatic rings. The van der Waals surface area contributed by atoms with Crippen LogP contribution in [0.2, 0.25) is 0 Å². The first-order valence-electron chi connectivity index (χ1n) is 7.18. The molecule has 2 rings (SSSR count). The largest absolute Gasteiger partial charge is 0.367 e. The molecule has 0 spiro atoms. The second-order valence-electron chi connectivity index (χ2n) is 6.14. The van der Waals surface area contributed by atoms with E-state index in [2.05, 4.69) is 24.0 Å². The van der Waals surface area contributed by atoms with Gasteiger partial charge in [-0.1, -0.05) is 19.0 Å². The summed E-state index contributed by atoms with van der Waals surface area (Å²) in [7, 11) is 0. The first kappa shape index (κ1) is 14.5. The number of ether oxygens (including phenoxy) is 1. The van der Waals surface area contributed by atoms with Gasteiger partial charge in [0.05, 0.1) is 0 Å². The lowest BCUT2D eigenvalue weighted by Gasteiger charge is -2.41. The lowest BCUT2D eigenvalue weighted by atomic mass is 9.70. The van der Waals surface area contributed by atoms with Crippen LogP contribution in [0.5, 0.6) is 0 Å². The monoisotopic (exact) mass is 267 g/mol. The first-order chi connectivity index (χ1) is 9.01. The summed E-state index contributed by atoms with van der Waals surface area (Å²) in [5, 5.41) is 4.13. The van der Waals surface area contributed by atoms with Crippen molar-refractivity contribution in [3.8, 4) is 0 Å². The van der Waals surface area contributed by atoms with Crippen LogP contribution in [0.25, 0.3) is 0 Å². The zero-order valence-corrected chi connectivity index (χ0v) is 12.2. The van der Waals surface area contributed by atoms with Gasteiger partial charge in [0.1, 0.15) is 5.60 Å². The maximum Gasteiger partial charge on any atom is 0.228 e. The summed E-state index contributed by atoms with van der Waals surface area (Å²) in [5.74, 6) is 1.31. The second kappa shape index (κ2) is 5.59. The second-order valence-corrected chi connectivity index (χ2v) is 6.14. The number of hydrogen-bond acceptors (Lipinski definition) is 5. The summed E-state index contributed by atoms with van der Waals surface area (Å²) in [4.78, 5) is 4.48. The lowest BCUT2D eigenvalue weighted by molar-refractivity contribution is -0.0957. The quantitative estimate of drug-likeness (QED) is 0.886. The third-order valence-corrected chi connectivity index (χ3v) is 4.07. The highest BCUT2D eigenvalue weighted by atomic mass is 16.5. The van der Waals surface area contributed by atoms with Crippen molar-refractivity contribution < 1.29 is 9.26 Å². The molecule has 0 atom stereocenters. The smallest absolute Gasteiger partial charge is 0.228 e. The van der Waals surface area contributed by atoms with E-state index in [0.29, 0.717) is 36.7 Å². The van der Waals surface area contributed by atoms with Gasteiger partial charge in [0.25, 0.3) is 0 Å². The molecule has 0 saturated heterocycles. The SMILES string of the molecule is CCOC1(c2noc(CCN)n2)CCC(C)(C)CC1. The predicted octanol–water partition coefficient (Wildman–Crippen LogP) is 2.40. The fourth-order valence-corrected chi connectivity index (χ4v) is 2.70. The van der Waals surface area contributed by atoms with E-state index in [0.717, 1.165) is 25.7 Å². The van der Waals surface area contributed by atoms with Crippen molar-refractivity contribution in [3.63, 3.8) is 0 Å². The maximum atomic E-state index is 6.03. The molecule has 2 N–H and O–H groups in total. The molecule has 19 heavy (non-hydrogen) atoms. The van der Waals surface area contributed by atoms with Crippen molar-refractivity contribution in [1.82, 2.24) is 10.1 Å². The van der Waals surface area contributed by atoms with E-state index in [1.54, 1.807) is 0 Å². The molecule has 1 fully saturated rings. The fourth-order valence-electron chi connectivity index (χ4n) is 2.70. The van der Waals surface area contributed by atoms with Crippen LogP contribution in [0, 0.1) is 5.41 Å². The van der Waals surface area contributed by atoms with Crippen molar-refractivity contribution in [2.75, 3.05) is 13.2 Å². The molecular weight excluding hydrogens is 242 g/mol. The van der Waals surface area contributed by atoms with E-state index in [1.165, 1.54) is 0 Å². The summed E-state index contributed by atoms with van der Waals surface area (Å²) >= 11 is 0. The van der Waals surface area contributed by atoms with E-state index in [4.69, 9.17) is 15.0 Å². The first-order valence-corrected chi connectivity index (χ1v) is 7.18. The summed E-state index contributed by atoms with van der Waals surface area (Å²) in [6, 6.07) is 0. The molecular formula is C14H25N3O2. The van der Waals surface area contributed by atoms with Gasteiger partial charge < -0.3 is 15.0 Å². The Labute approximate surface area is 114 Å². The zero-order valence-electron chi connectivity index (χ0n) is 12.2. The van der Waals surface area contributed by atoms with Gasteiger partial charge in [-0.05, 0) is 38.0 Å². The molecule has 1 aliphatic carbocycles. The van der Waals surface area contributed by atoms with Gasteiger partial charge in [0.15, 0.2) is 0 Å². The number of hydrogen-bond donors (Lipinski definition) is 1. The molecule has 1 heterocycles. The summed E-state index contributed by atoms with van der Waals surface area (Å²) in [5.41, 5.74) is 5.54. The van der Waals surface area contributed by atoms with Crippen molar-refractivity contribution >= 4 is 0 Å². The van der Waals surface area contributed by atoms with E-state index in [-0.39, 0.29) is 5.60 Å². The average Bonchev–Trinajstić information content (AvgIpc) is 2.82. The summed E-state index contributed by atoms with van der Waals surface area (Å²) in [6.07, 6.45) is 4.77. The Kier molecular flexibility index (Phi) is 4.26. The van der Waals surface area contributed by atoms with E-state index in [9.17, 15) is 0 Å². The Hall–Kier alpha value is -0.940. The zero-order chi connectivity index (χ0) is 13.9. The van der Waals surface area contributed by atoms with E-state index in [1.807, 2.05) is 6.92 Å². The minimum atomic E-state index is -0.360. The average molecular weight is 267 g/mol. The summed E-state index contributed by atoms with van der Waals surface area (Å²) < 4.78 is 11.3. The molecule has 0 aromatic carbocycles. The van der Waals surface area contributed by atoms with E-state index >= 15 is 0 Å². The van der Waals surface area contributed by atoms with Crippen molar-refractivity contribution in [2.45, 2.75) is 58.5 Å². The fraction of sp³-hybridized carbons (Fsp3) is 0.857. The standard InChI is InChI=1S/C14H25N3O2/c1-4-18-14(8-6-13(2,3)7-9-14)12-16-11(5-10-15)19-17-12/h4-10,15H2,1-3H3. The number of nitrogens with zero attached hydrogens (tertiary/aromatic N) is 2. The third kappa shape index (κ3) is 3.15. The molecule has 0 bridgehead atoms. The van der Waals surface area contributed by atoms with Crippen LogP contribution >= 0.6 is 0 Å². The van der Waals surface area contributed by atoms with Crippen molar-refractivity contribution in [2.24, 2.45) is 11.1 Å². The van der Waals surface area contributed by atoms with Gasteiger partial charge in [-0.3, -0.25) is 0 Å². The molecule has 0 unspecified atom stereocenters. The minimum absolute atomic E-state index is 0.360. The molecule has 0 amide bonds. The van der Waals surface area contributed by atoms with Gasteiger partial charge in [-0.25, -0.2) is 0 Å². The lowest BCUT2D eigenvalue weighted by Crippen LogP contribution is -2.38. The Balaban J connectivity index is 2.19. The highest BCUT2D eigenvalue weighted by Gasteiger charge is 2.43. The molecule has 0 radical (unpaired) electrons. The maximum absolute atomic E-state index is 6.03. The molecule has 1 saturated carbocycles. The highest BCUT2D eigenvalue weighted by Crippen LogP contribution is 2.46. The van der Waals surface area contributed by atoms with Crippen LogP contribution in [0.4, 0.5) is 0 Å². The molecule has 5 heteroatoms. The molecule has 5 nitrogen and oxygen atoms in total. The van der Waals surface area contributed by atoms with Crippen LogP contribution < -0.4 is 5.73 Å². The van der Waals surface area contributed by atoms with Crippen molar-refractivity contribution in [1.29, 1.82) is 0 Å². The summed E-state index contributed by atoms with van der Waals surface area (Å²) in [6.45, 7) is 7.82. The number of nitrogens with two attached hydrogens (primary N) is 1. The number of rotatable bonds is 5. The Morgan fingerprint density at radius 1 is 1.26 bits per heavy atom. The van der Waals surface area contributed by atoms with Crippen LogP contribution in [0.3, 0.4) is 0 Å². The molecule has 0 aliphatic heterocycles. The van der Waals surface area contributed by atoms with Crippen LogP contribution in [0.1, 0.15) is 58.2 Å². The van der Waals surface area contributed by atoms with Gasteiger partial charge >= 0.3 is 0 Å². The number of aromatic nitrogens is 2.